The number of rotatable bonds is 0. The summed E-state index contributed by atoms with van der Waals surface area (Å²) in [7, 11) is 0. The van der Waals surface area contributed by atoms with Crippen molar-refractivity contribution in [3.63, 3.8) is 0 Å². The molecule has 0 aromatic heterocycles. The van der Waals surface area contributed by atoms with Gasteiger partial charge < -0.3 is 15.4 Å². The Labute approximate surface area is 108 Å². The highest BCUT2D eigenvalue weighted by atomic mass is 35.5. The van der Waals surface area contributed by atoms with E-state index in [0.29, 0.717) is 24.6 Å². The summed E-state index contributed by atoms with van der Waals surface area (Å²) >= 11 is 5.72. The number of benzene rings is 1. The van der Waals surface area contributed by atoms with Gasteiger partial charge in [-0.3, -0.25) is 4.79 Å². The molecule has 0 spiro atoms. The van der Waals surface area contributed by atoms with E-state index in [-0.39, 0.29) is 17.0 Å². The zero-order valence-corrected chi connectivity index (χ0v) is 10.5. The number of hydrogen-bond acceptors (Lipinski definition) is 3. The number of fused-ring (bicyclic) bond motifs is 2. The molecule has 1 saturated heterocycles. The third kappa shape index (κ3) is 1.58. The maximum absolute atomic E-state index is 13.5. The van der Waals surface area contributed by atoms with Crippen molar-refractivity contribution < 1.29 is 13.9 Å². The molecule has 2 heterocycles. The van der Waals surface area contributed by atoms with Crippen LogP contribution in [0.25, 0.3) is 0 Å². The van der Waals surface area contributed by atoms with Crippen LogP contribution in [0.3, 0.4) is 0 Å². The molecule has 0 radical (unpaired) electrons. The number of carbonyl (C=O) groups is 1. The van der Waals surface area contributed by atoms with Gasteiger partial charge in [-0.15, -0.1) is 0 Å². The van der Waals surface area contributed by atoms with Crippen LogP contribution in [-0.4, -0.2) is 25.2 Å². The summed E-state index contributed by atoms with van der Waals surface area (Å²) in [6.45, 7) is 2.60. The van der Waals surface area contributed by atoms with Crippen molar-refractivity contribution in [3.05, 3.63) is 23.0 Å². The van der Waals surface area contributed by atoms with E-state index in [4.69, 9.17) is 16.3 Å². The molecule has 3 rings (SSSR count). The normalized spacial score (nSPS) is 29.9. The number of carbonyl (C=O) groups excluding carboxylic acids is 1. The third-order valence-corrected chi connectivity index (χ3v) is 3.90. The third-order valence-electron chi connectivity index (χ3n) is 3.61. The van der Waals surface area contributed by atoms with Crippen molar-refractivity contribution in [3.8, 4) is 0 Å². The van der Waals surface area contributed by atoms with E-state index in [2.05, 4.69) is 10.6 Å². The zero-order valence-electron chi connectivity index (χ0n) is 9.72. The van der Waals surface area contributed by atoms with Crippen molar-refractivity contribution in [2.75, 3.05) is 23.8 Å². The lowest BCUT2D eigenvalue weighted by Crippen LogP contribution is -2.44. The largest absolute Gasteiger partial charge is 0.378 e. The fraction of sp³-hybridized carbons (Fsp3) is 0.417. The van der Waals surface area contributed by atoms with Crippen molar-refractivity contribution in [1.82, 2.24) is 0 Å². The molecular weight excluding hydrogens is 259 g/mol. The van der Waals surface area contributed by atoms with E-state index in [0.717, 1.165) is 0 Å². The van der Waals surface area contributed by atoms with Crippen molar-refractivity contribution >= 4 is 28.9 Å². The van der Waals surface area contributed by atoms with Gasteiger partial charge in [0, 0.05) is 6.07 Å². The van der Waals surface area contributed by atoms with Gasteiger partial charge in [-0.05, 0) is 13.0 Å². The number of ether oxygens (including phenoxy) is 1. The molecule has 6 heteroatoms. The van der Waals surface area contributed by atoms with Crippen LogP contribution in [0.15, 0.2) is 12.1 Å². The van der Waals surface area contributed by atoms with Crippen LogP contribution in [0.1, 0.15) is 6.92 Å². The van der Waals surface area contributed by atoms with Crippen LogP contribution in [-0.2, 0) is 9.53 Å². The minimum absolute atomic E-state index is 0.00990. The number of hydrogen-bond donors (Lipinski definition) is 2. The van der Waals surface area contributed by atoms with E-state index in [1.807, 2.05) is 6.92 Å². The Morgan fingerprint density at radius 1 is 1.50 bits per heavy atom. The van der Waals surface area contributed by atoms with Gasteiger partial charge in [-0.1, -0.05) is 11.6 Å². The highest BCUT2D eigenvalue weighted by Gasteiger charge is 2.48. The maximum atomic E-state index is 13.5. The lowest BCUT2D eigenvalue weighted by Gasteiger charge is -2.25. The first kappa shape index (κ1) is 11.7. The van der Waals surface area contributed by atoms with E-state index in [1.54, 1.807) is 0 Å². The van der Waals surface area contributed by atoms with Gasteiger partial charge in [-0.2, -0.15) is 0 Å². The van der Waals surface area contributed by atoms with Gasteiger partial charge in [-0.25, -0.2) is 4.39 Å². The van der Waals surface area contributed by atoms with Gasteiger partial charge >= 0.3 is 0 Å². The van der Waals surface area contributed by atoms with Crippen LogP contribution < -0.4 is 10.6 Å². The monoisotopic (exact) mass is 270 g/mol. The molecule has 2 atom stereocenters. The van der Waals surface area contributed by atoms with Crippen LogP contribution in [0.5, 0.6) is 0 Å². The highest BCUT2D eigenvalue weighted by Crippen LogP contribution is 2.39. The van der Waals surface area contributed by atoms with E-state index in [9.17, 15) is 9.18 Å². The highest BCUT2D eigenvalue weighted by molar-refractivity contribution is 6.31. The SMILES string of the molecule is CC12COCC1Nc1cc(F)c(Cl)cc1NC2=O. The van der Waals surface area contributed by atoms with E-state index < -0.39 is 11.2 Å². The quantitative estimate of drug-likeness (QED) is 0.760. The Balaban J connectivity index is 2.08. The van der Waals surface area contributed by atoms with Gasteiger partial charge in [0.25, 0.3) is 0 Å². The average molecular weight is 271 g/mol. The lowest BCUT2D eigenvalue weighted by atomic mass is 9.84. The molecule has 2 aliphatic heterocycles. The van der Waals surface area contributed by atoms with Crippen LogP contribution in [0.4, 0.5) is 15.8 Å². The molecule has 96 valence electrons. The van der Waals surface area contributed by atoms with Crippen LogP contribution >= 0.6 is 11.6 Å². The van der Waals surface area contributed by atoms with Gasteiger partial charge in [0.1, 0.15) is 5.82 Å². The molecule has 4 nitrogen and oxygen atoms in total. The van der Waals surface area contributed by atoms with Crippen molar-refractivity contribution in [1.29, 1.82) is 0 Å². The molecule has 1 aromatic rings. The minimum Gasteiger partial charge on any atom is -0.378 e. The minimum atomic E-state index is -0.651. The number of amides is 1. The summed E-state index contributed by atoms with van der Waals surface area (Å²) in [5, 5.41) is 5.91. The number of nitrogens with one attached hydrogen (secondary N) is 2. The second-order valence-electron chi connectivity index (χ2n) is 4.90. The molecule has 18 heavy (non-hydrogen) atoms. The lowest BCUT2D eigenvalue weighted by molar-refractivity contribution is -0.124. The second-order valence-corrected chi connectivity index (χ2v) is 5.30. The zero-order chi connectivity index (χ0) is 12.9. The number of anilines is 2. The van der Waals surface area contributed by atoms with E-state index >= 15 is 0 Å². The van der Waals surface area contributed by atoms with Gasteiger partial charge in [0.05, 0.1) is 41.1 Å². The Bertz CT molecular complexity index is 537. The van der Waals surface area contributed by atoms with Crippen LogP contribution in [0.2, 0.25) is 5.02 Å². The Morgan fingerprint density at radius 3 is 3.06 bits per heavy atom. The summed E-state index contributed by atoms with van der Waals surface area (Å²) in [5.41, 5.74) is 0.383. The Kier molecular flexibility index (Phi) is 2.50. The van der Waals surface area contributed by atoms with Crippen molar-refractivity contribution in [2.45, 2.75) is 13.0 Å². The Hall–Kier alpha value is -1.33. The molecule has 1 aromatic carbocycles. The summed E-state index contributed by atoms with van der Waals surface area (Å²) in [6.07, 6.45) is 0. The van der Waals surface area contributed by atoms with Crippen molar-refractivity contribution in [2.24, 2.45) is 5.41 Å². The summed E-state index contributed by atoms with van der Waals surface area (Å²) in [6, 6.07) is 2.55. The standard InChI is InChI=1S/C12H12ClFN2O2/c1-12-5-18-4-10(12)15-9-3-7(14)6(13)2-8(9)16-11(12)17/h2-3,10,15H,4-5H2,1H3,(H,16,17). The smallest absolute Gasteiger partial charge is 0.234 e. The molecule has 0 bridgehead atoms. The predicted octanol–water partition coefficient (Wildman–Crippen LogP) is 2.25. The first-order valence-corrected chi connectivity index (χ1v) is 6.03. The van der Waals surface area contributed by atoms with Crippen LogP contribution in [0, 0.1) is 11.2 Å². The second kappa shape index (κ2) is 3.83. The summed E-state index contributed by atoms with van der Waals surface area (Å²) in [4.78, 5) is 12.2. The molecule has 0 saturated carbocycles. The van der Waals surface area contributed by atoms with Gasteiger partial charge in [0.2, 0.25) is 5.91 Å². The molecule has 1 amide bonds. The number of halogens is 2. The average Bonchev–Trinajstić information content (AvgIpc) is 2.64. The summed E-state index contributed by atoms with van der Waals surface area (Å²) < 4.78 is 18.8. The first-order chi connectivity index (χ1) is 8.50. The molecule has 2 unspecified atom stereocenters. The molecule has 2 N–H and O–H groups in total. The van der Waals surface area contributed by atoms with Gasteiger partial charge in [0.15, 0.2) is 0 Å². The maximum Gasteiger partial charge on any atom is 0.234 e. The fourth-order valence-electron chi connectivity index (χ4n) is 2.32. The molecule has 0 aliphatic carbocycles. The molecule has 2 aliphatic rings. The summed E-state index contributed by atoms with van der Waals surface area (Å²) in [5.74, 6) is -0.654. The van der Waals surface area contributed by atoms with E-state index in [1.165, 1.54) is 12.1 Å². The topological polar surface area (TPSA) is 50.4 Å². The predicted molar refractivity (Wildman–Crippen MR) is 66.4 cm³/mol. The molecule has 1 fully saturated rings. The Morgan fingerprint density at radius 2 is 2.28 bits per heavy atom. The molecular formula is C12H12ClFN2O2. The fourth-order valence-corrected chi connectivity index (χ4v) is 2.48. The first-order valence-electron chi connectivity index (χ1n) is 5.65.